The molecule has 3 aromatic rings. The van der Waals surface area contributed by atoms with E-state index in [4.69, 9.17) is 0 Å². The number of hydrogen-bond acceptors (Lipinski definition) is 7. The first kappa shape index (κ1) is 16.1. The average molecular weight is 342 g/mol. The molecule has 128 valence electrons. The first-order valence-electron chi connectivity index (χ1n) is 7.12. The van der Waals surface area contributed by atoms with Crippen molar-refractivity contribution in [3.05, 3.63) is 42.5 Å². The van der Waals surface area contributed by atoms with E-state index in [1.165, 1.54) is 30.3 Å². The minimum atomic E-state index is -0.840. The van der Waals surface area contributed by atoms with Crippen molar-refractivity contribution in [2.24, 2.45) is 0 Å². The molecular weight excluding hydrogens is 328 g/mol. The maximum Gasteiger partial charge on any atom is 0.201 e. The normalized spacial score (nSPS) is 10.7. The maximum absolute atomic E-state index is 10.1. The zero-order valence-electron chi connectivity index (χ0n) is 12.7. The van der Waals surface area contributed by atoms with Crippen LogP contribution in [0.3, 0.4) is 0 Å². The lowest BCUT2D eigenvalue weighted by Gasteiger charge is -2.15. The second kappa shape index (κ2) is 5.72. The zero-order chi connectivity index (χ0) is 18.3. The molecule has 0 aromatic heterocycles. The molecule has 0 unspecified atom stereocenters. The fourth-order valence-electron chi connectivity index (χ4n) is 2.55. The van der Waals surface area contributed by atoms with Crippen LogP contribution in [0.4, 0.5) is 0 Å². The fourth-order valence-corrected chi connectivity index (χ4v) is 2.55. The Kier molecular flexibility index (Phi) is 3.69. The molecule has 0 heterocycles. The summed E-state index contributed by atoms with van der Waals surface area (Å²) >= 11 is 0. The number of benzene rings is 3. The van der Waals surface area contributed by atoms with E-state index in [1.807, 2.05) is 0 Å². The molecule has 3 aromatic carbocycles. The van der Waals surface area contributed by atoms with Crippen molar-refractivity contribution in [3.8, 4) is 62.5 Å². The van der Waals surface area contributed by atoms with E-state index in [-0.39, 0.29) is 45.3 Å². The molecule has 0 atom stereocenters. The molecule has 0 radical (unpaired) electrons. The Morgan fingerprint density at radius 3 is 1.16 bits per heavy atom. The van der Waals surface area contributed by atoms with Crippen LogP contribution in [-0.2, 0) is 0 Å². The van der Waals surface area contributed by atoms with Crippen LogP contribution in [0.2, 0.25) is 0 Å². The van der Waals surface area contributed by atoms with E-state index < -0.39 is 17.2 Å². The van der Waals surface area contributed by atoms with E-state index in [0.717, 1.165) is 12.1 Å². The van der Waals surface area contributed by atoms with E-state index in [1.54, 1.807) is 0 Å². The number of aromatic hydroxyl groups is 7. The predicted molar refractivity (Wildman–Crippen MR) is 89.0 cm³/mol. The van der Waals surface area contributed by atoms with Gasteiger partial charge in [0.25, 0.3) is 0 Å². The summed E-state index contributed by atoms with van der Waals surface area (Å²) in [4.78, 5) is 0. The van der Waals surface area contributed by atoms with E-state index in [2.05, 4.69) is 0 Å². The van der Waals surface area contributed by atoms with Gasteiger partial charge in [-0.15, -0.1) is 0 Å². The lowest BCUT2D eigenvalue weighted by atomic mass is 9.95. The van der Waals surface area contributed by atoms with Gasteiger partial charge in [0.05, 0.1) is 0 Å². The van der Waals surface area contributed by atoms with Crippen LogP contribution in [0.1, 0.15) is 0 Å². The summed E-state index contributed by atoms with van der Waals surface area (Å²) in [7, 11) is 0. The van der Waals surface area contributed by atoms with Gasteiger partial charge in [-0.2, -0.15) is 0 Å². The Hall–Kier alpha value is -3.74. The molecule has 25 heavy (non-hydrogen) atoms. The van der Waals surface area contributed by atoms with Crippen LogP contribution in [0, 0.1) is 0 Å². The van der Waals surface area contributed by atoms with Gasteiger partial charge in [0.1, 0.15) is 23.0 Å². The SMILES string of the molecule is Oc1ccc(-c2cc(-c3ccc(O)cc3O)c(O)c(O)c2O)c(O)c1. The summed E-state index contributed by atoms with van der Waals surface area (Å²) in [5.41, 5.74) is 0.112. The van der Waals surface area contributed by atoms with Gasteiger partial charge in [-0.3, -0.25) is 0 Å². The van der Waals surface area contributed by atoms with Gasteiger partial charge >= 0.3 is 0 Å². The van der Waals surface area contributed by atoms with Crippen LogP contribution in [0.25, 0.3) is 22.3 Å². The molecule has 0 saturated carbocycles. The third-order valence-electron chi connectivity index (χ3n) is 3.79. The average Bonchev–Trinajstić information content (AvgIpc) is 2.55. The standard InChI is InChI=1S/C18H14O7/c19-8-1-3-10(14(21)5-8)12-7-13(17(24)18(25)16(12)23)11-4-2-9(20)6-15(11)22/h1-7,19-25H. The molecule has 7 heteroatoms. The Bertz CT molecular complexity index is 904. The quantitative estimate of drug-likeness (QED) is 0.355. The number of phenols is 7. The highest BCUT2D eigenvalue weighted by Crippen LogP contribution is 2.51. The molecule has 7 nitrogen and oxygen atoms in total. The van der Waals surface area contributed by atoms with E-state index in [0.29, 0.717) is 0 Å². The topological polar surface area (TPSA) is 142 Å². The van der Waals surface area contributed by atoms with Crippen LogP contribution in [-0.4, -0.2) is 35.7 Å². The fraction of sp³-hybridized carbons (Fsp3) is 0. The second-order valence-corrected chi connectivity index (χ2v) is 5.42. The molecule has 0 amide bonds. The smallest absolute Gasteiger partial charge is 0.201 e. The van der Waals surface area contributed by atoms with Crippen LogP contribution >= 0.6 is 0 Å². The molecule has 0 fully saturated rings. The Balaban J connectivity index is 2.30. The summed E-state index contributed by atoms with van der Waals surface area (Å²) < 4.78 is 0. The number of phenolic OH excluding ortho intramolecular Hbond substituents is 7. The van der Waals surface area contributed by atoms with Crippen LogP contribution < -0.4 is 0 Å². The summed E-state index contributed by atoms with van der Waals surface area (Å²) in [6, 6.07) is 8.54. The highest BCUT2D eigenvalue weighted by molar-refractivity contribution is 5.89. The zero-order valence-corrected chi connectivity index (χ0v) is 12.7. The van der Waals surface area contributed by atoms with Crippen LogP contribution in [0.5, 0.6) is 40.2 Å². The van der Waals surface area contributed by atoms with E-state index in [9.17, 15) is 35.7 Å². The van der Waals surface area contributed by atoms with Crippen molar-refractivity contribution in [2.75, 3.05) is 0 Å². The van der Waals surface area contributed by atoms with Gasteiger partial charge in [-0.05, 0) is 30.3 Å². The minimum absolute atomic E-state index is 0.0322. The number of rotatable bonds is 2. The van der Waals surface area contributed by atoms with Crippen molar-refractivity contribution in [1.82, 2.24) is 0 Å². The Morgan fingerprint density at radius 1 is 0.400 bits per heavy atom. The molecule has 0 spiro atoms. The second-order valence-electron chi connectivity index (χ2n) is 5.42. The first-order chi connectivity index (χ1) is 11.8. The highest BCUT2D eigenvalue weighted by Gasteiger charge is 2.22. The molecule has 0 aliphatic heterocycles. The van der Waals surface area contributed by atoms with Crippen molar-refractivity contribution < 1.29 is 35.7 Å². The van der Waals surface area contributed by atoms with Gasteiger partial charge in [-0.25, -0.2) is 0 Å². The molecule has 7 N–H and O–H groups in total. The third-order valence-corrected chi connectivity index (χ3v) is 3.79. The maximum atomic E-state index is 10.1. The molecule has 0 saturated heterocycles. The molecule has 0 aliphatic rings. The minimum Gasteiger partial charge on any atom is -0.508 e. The van der Waals surface area contributed by atoms with Crippen molar-refractivity contribution in [2.45, 2.75) is 0 Å². The van der Waals surface area contributed by atoms with Gasteiger partial charge in [0.2, 0.25) is 5.75 Å². The molecule has 3 rings (SSSR count). The lowest BCUT2D eigenvalue weighted by molar-refractivity contribution is 0.369. The summed E-state index contributed by atoms with van der Waals surface area (Å²) in [5.74, 6) is -3.31. The van der Waals surface area contributed by atoms with Crippen molar-refractivity contribution >= 4 is 0 Å². The summed E-state index contributed by atoms with van der Waals surface area (Å²) in [6.07, 6.45) is 0. The van der Waals surface area contributed by atoms with E-state index >= 15 is 0 Å². The van der Waals surface area contributed by atoms with Gasteiger partial charge in [0.15, 0.2) is 11.5 Å². The Morgan fingerprint density at radius 2 is 0.800 bits per heavy atom. The summed E-state index contributed by atoms with van der Waals surface area (Å²) in [6.45, 7) is 0. The van der Waals surface area contributed by atoms with Gasteiger partial charge in [0, 0.05) is 34.4 Å². The largest absolute Gasteiger partial charge is 0.508 e. The predicted octanol–water partition coefficient (Wildman–Crippen LogP) is 2.96. The molecular formula is C18H14O7. The Labute approximate surface area is 141 Å². The highest BCUT2D eigenvalue weighted by atomic mass is 16.3. The number of hydrogen-bond donors (Lipinski definition) is 7. The van der Waals surface area contributed by atoms with Crippen molar-refractivity contribution in [1.29, 1.82) is 0 Å². The molecule has 0 aliphatic carbocycles. The molecule has 0 bridgehead atoms. The van der Waals surface area contributed by atoms with Gasteiger partial charge in [-0.1, -0.05) is 0 Å². The summed E-state index contributed by atoms with van der Waals surface area (Å²) in [5, 5.41) is 69.0. The lowest BCUT2D eigenvalue weighted by Crippen LogP contribution is -1.87. The monoisotopic (exact) mass is 342 g/mol. The van der Waals surface area contributed by atoms with Gasteiger partial charge < -0.3 is 35.7 Å². The van der Waals surface area contributed by atoms with Crippen LogP contribution in [0.15, 0.2) is 42.5 Å². The third kappa shape index (κ3) is 2.67. The first-order valence-corrected chi connectivity index (χ1v) is 7.12. The van der Waals surface area contributed by atoms with Crippen molar-refractivity contribution in [3.63, 3.8) is 0 Å².